The van der Waals surface area contributed by atoms with Gasteiger partial charge in [0.15, 0.2) is 10.9 Å². The summed E-state index contributed by atoms with van der Waals surface area (Å²) >= 11 is 1.33. The van der Waals surface area contributed by atoms with E-state index in [4.69, 9.17) is 4.74 Å². The minimum absolute atomic E-state index is 0.00433. The number of anilines is 1. The first kappa shape index (κ1) is 21.6. The number of hydrogen-bond acceptors (Lipinski definition) is 6. The van der Waals surface area contributed by atoms with Gasteiger partial charge in [0.25, 0.3) is 0 Å². The molecule has 2 aromatic carbocycles. The van der Waals surface area contributed by atoms with Crippen LogP contribution in [0.3, 0.4) is 0 Å². The van der Waals surface area contributed by atoms with E-state index in [1.54, 1.807) is 31.4 Å². The Hall–Kier alpha value is -3.13. The van der Waals surface area contributed by atoms with Crippen molar-refractivity contribution < 1.29 is 14.3 Å². The van der Waals surface area contributed by atoms with Gasteiger partial charge in [-0.15, -0.1) is 10.2 Å². The van der Waals surface area contributed by atoms with Crippen LogP contribution in [0.25, 0.3) is 0 Å². The molecule has 1 heterocycles. The Labute approximate surface area is 179 Å². The van der Waals surface area contributed by atoms with Gasteiger partial charge in [0, 0.05) is 31.1 Å². The number of carbonyl (C=O) groups excluding carboxylic acids is 2. The van der Waals surface area contributed by atoms with Crippen LogP contribution in [0.15, 0.2) is 53.7 Å². The van der Waals surface area contributed by atoms with Gasteiger partial charge in [0.1, 0.15) is 11.6 Å². The molecule has 0 bridgehead atoms. The molecule has 0 atom stereocenters. The molecule has 0 saturated carbocycles. The highest BCUT2D eigenvalue weighted by Crippen LogP contribution is 2.19. The van der Waals surface area contributed by atoms with Crippen molar-refractivity contribution in [3.05, 3.63) is 65.5 Å². The average Bonchev–Trinajstić information content (AvgIpc) is 3.11. The first-order valence-corrected chi connectivity index (χ1v) is 10.5. The molecule has 1 amide bonds. The van der Waals surface area contributed by atoms with E-state index in [-0.39, 0.29) is 17.4 Å². The maximum Gasteiger partial charge on any atom is 0.224 e. The fourth-order valence-corrected chi connectivity index (χ4v) is 3.59. The van der Waals surface area contributed by atoms with Crippen molar-refractivity contribution in [2.45, 2.75) is 24.9 Å². The third-order valence-electron chi connectivity index (χ3n) is 4.58. The largest absolute Gasteiger partial charge is 0.497 e. The van der Waals surface area contributed by atoms with E-state index < -0.39 is 0 Å². The van der Waals surface area contributed by atoms with Crippen LogP contribution in [0.1, 0.15) is 28.2 Å². The third kappa shape index (κ3) is 5.70. The van der Waals surface area contributed by atoms with Crippen molar-refractivity contribution >= 4 is 29.1 Å². The van der Waals surface area contributed by atoms with Crippen molar-refractivity contribution in [1.82, 2.24) is 14.8 Å². The second-order valence-corrected chi connectivity index (χ2v) is 7.75. The molecule has 7 nitrogen and oxygen atoms in total. The van der Waals surface area contributed by atoms with Crippen LogP contribution in [0.4, 0.5) is 5.69 Å². The van der Waals surface area contributed by atoms with Crippen LogP contribution in [-0.4, -0.2) is 39.3 Å². The monoisotopic (exact) mass is 424 g/mol. The van der Waals surface area contributed by atoms with Crippen LogP contribution < -0.4 is 10.1 Å². The topological polar surface area (TPSA) is 86.1 Å². The number of nitrogens with one attached hydrogen (secondary N) is 1. The smallest absolute Gasteiger partial charge is 0.224 e. The second-order valence-electron chi connectivity index (χ2n) is 6.81. The summed E-state index contributed by atoms with van der Waals surface area (Å²) in [5, 5.41) is 11.8. The summed E-state index contributed by atoms with van der Waals surface area (Å²) in [7, 11) is 3.43. The van der Waals surface area contributed by atoms with Gasteiger partial charge >= 0.3 is 0 Å². The molecule has 0 radical (unpaired) electrons. The summed E-state index contributed by atoms with van der Waals surface area (Å²) < 4.78 is 6.93. The minimum Gasteiger partial charge on any atom is -0.497 e. The number of methoxy groups -OCH3 is 1. The average molecular weight is 425 g/mol. The molecule has 0 unspecified atom stereocenters. The van der Waals surface area contributed by atoms with Crippen LogP contribution in [0, 0.1) is 6.92 Å². The summed E-state index contributed by atoms with van der Waals surface area (Å²) in [5.74, 6) is 1.60. The Kier molecular flexibility index (Phi) is 7.24. The Morgan fingerprint density at radius 2 is 1.77 bits per heavy atom. The van der Waals surface area contributed by atoms with Gasteiger partial charge in [-0.1, -0.05) is 29.5 Å². The normalized spacial score (nSPS) is 10.6. The molecule has 8 heteroatoms. The minimum atomic E-state index is -0.0780. The predicted molar refractivity (Wildman–Crippen MR) is 117 cm³/mol. The van der Waals surface area contributed by atoms with Crippen molar-refractivity contribution in [2.24, 2.45) is 7.05 Å². The highest BCUT2D eigenvalue weighted by molar-refractivity contribution is 7.99. The number of ether oxygens (including phenoxy) is 1. The summed E-state index contributed by atoms with van der Waals surface area (Å²) in [6.07, 6.45) is 0.767. The zero-order chi connectivity index (χ0) is 21.5. The van der Waals surface area contributed by atoms with E-state index in [9.17, 15) is 9.59 Å². The quantitative estimate of drug-likeness (QED) is 0.417. The van der Waals surface area contributed by atoms with Crippen molar-refractivity contribution in [1.29, 1.82) is 0 Å². The zero-order valence-electron chi connectivity index (χ0n) is 17.2. The van der Waals surface area contributed by atoms with Crippen molar-refractivity contribution in [2.75, 3.05) is 18.2 Å². The van der Waals surface area contributed by atoms with E-state index in [1.807, 2.05) is 42.8 Å². The van der Waals surface area contributed by atoms with E-state index in [0.29, 0.717) is 35.1 Å². The van der Waals surface area contributed by atoms with Crippen LogP contribution in [0.2, 0.25) is 0 Å². The number of aromatic nitrogens is 3. The molecular weight excluding hydrogens is 400 g/mol. The maximum atomic E-state index is 12.4. The van der Waals surface area contributed by atoms with E-state index in [2.05, 4.69) is 15.5 Å². The molecule has 0 aliphatic rings. The first-order valence-electron chi connectivity index (χ1n) is 9.51. The fraction of sp³-hybridized carbons (Fsp3) is 0.273. The lowest BCUT2D eigenvalue weighted by atomic mass is 10.1. The molecule has 0 spiro atoms. The molecular formula is C22H24N4O3S. The number of ketones is 1. The van der Waals surface area contributed by atoms with Crippen LogP contribution >= 0.6 is 11.8 Å². The molecule has 3 rings (SSSR count). The highest BCUT2D eigenvalue weighted by Gasteiger charge is 2.14. The standard InChI is InChI=1S/C22H24N4O3S/c1-15-4-8-17(9-5-15)23-21(28)13-12-20-24-25-22(26(20)2)30-14-19(27)16-6-10-18(29-3)11-7-16/h4-11H,12-14H2,1-3H3,(H,23,28). The predicted octanol–water partition coefficient (Wildman–Crippen LogP) is 3.68. The number of benzene rings is 2. The Balaban J connectivity index is 1.50. The molecule has 0 saturated heterocycles. The number of aryl methyl sites for hydroxylation is 2. The number of hydrogen-bond donors (Lipinski definition) is 1. The highest BCUT2D eigenvalue weighted by atomic mass is 32.2. The van der Waals surface area contributed by atoms with E-state index >= 15 is 0 Å². The van der Waals surface area contributed by atoms with Gasteiger partial charge < -0.3 is 14.6 Å². The maximum absolute atomic E-state index is 12.4. The van der Waals surface area contributed by atoms with Gasteiger partial charge in [-0.05, 0) is 43.3 Å². The summed E-state index contributed by atoms with van der Waals surface area (Å²) in [4.78, 5) is 24.6. The number of carbonyl (C=O) groups is 2. The lowest BCUT2D eigenvalue weighted by Crippen LogP contribution is -2.13. The van der Waals surface area contributed by atoms with Gasteiger partial charge in [0.2, 0.25) is 5.91 Å². The Bertz CT molecular complexity index is 1010. The lowest BCUT2D eigenvalue weighted by Gasteiger charge is -2.06. The summed E-state index contributed by atoms with van der Waals surface area (Å²) in [6.45, 7) is 2.00. The molecule has 1 N–H and O–H groups in total. The SMILES string of the molecule is COc1ccc(C(=O)CSc2nnc(CCC(=O)Nc3ccc(C)cc3)n2C)cc1. The van der Waals surface area contributed by atoms with Gasteiger partial charge in [-0.25, -0.2) is 0 Å². The van der Waals surface area contributed by atoms with Crippen LogP contribution in [0.5, 0.6) is 5.75 Å². The van der Waals surface area contributed by atoms with Gasteiger partial charge in [-0.3, -0.25) is 9.59 Å². The second kappa shape index (κ2) is 10.1. The number of rotatable bonds is 9. The molecule has 1 aromatic heterocycles. The number of amides is 1. The third-order valence-corrected chi connectivity index (χ3v) is 5.60. The van der Waals surface area contributed by atoms with Crippen molar-refractivity contribution in [3.63, 3.8) is 0 Å². The molecule has 30 heavy (non-hydrogen) atoms. The van der Waals surface area contributed by atoms with Gasteiger partial charge in [-0.2, -0.15) is 0 Å². The zero-order valence-corrected chi connectivity index (χ0v) is 18.0. The molecule has 156 valence electrons. The van der Waals surface area contributed by atoms with Gasteiger partial charge in [0.05, 0.1) is 12.9 Å². The number of nitrogens with zero attached hydrogens (tertiary/aromatic N) is 3. The molecule has 0 fully saturated rings. The number of Topliss-reactive ketones (excluding diaryl/α,β-unsaturated/α-hetero) is 1. The fourth-order valence-electron chi connectivity index (χ4n) is 2.76. The molecule has 0 aliphatic heterocycles. The van der Waals surface area contributed by atoms with E-state index in [1.165, 1.54) is 11.8 Å². The number of thioether (sulfide) groups is 1. The lowest BCUT2D eigenvalue weighted by molar-refractivity contribution is -0.116. The van der Waals surface area contributed by atoms with E-state index in [0.717, 1.165) is 11.3 Å². The van der Waals surface area contributed by atoms with Crippen molar-refractivity contribution in [3.8, 4) is 5.75 Å². The summed E-state index contributed by atoms with van der Waals surface area (Å²) in [6, 6.07) is 14.7. The van der Waals surface area contributed by atoms with Crippen LogP contribution in [-0.2, 0) is 18.3 Å². The molecule has 0 aliphatic carbocycles. The Morgan fingerprint density at radius 3 is 2.43 bits per heavy atom. The first-order chi connectivity index (χ1) is 14.5. The molecule has 3 aromatic rings. The Morgan fingerprint density at radius 1 is 1.07 bits per heavy atom. The summed E-state index contributed by atoms with van der Waals surface area (Å²) in [5.41, 5.74) is 2.54.